The maximum atomic E-state index is 11.1. The van der Waals surface area contributed by atoms with Gasteiger partial charge in [-0.2, -0.15) is 0 Å². The fourth-order valence-corrected chi connectivity index (χ4v) is 2.79. The van der Waals surface area contributed by atoms with Gasteiger partial charge in [0.2, 0.25) is 0 Å². The molecule has 0 atom stereocenters. The van der Waals surface area contributed by atoms with Gasteiger partial charge in [0.1, 0.15) is 11.3 Å². The van der Waals surface area contributed by atoms with E-state index in [1.165, 1.54) is 19.3 Å². The van der Waals surface area contributed by atoms with Gasteiger partial charge in [0.25, 0.3) is 0 Å². The number of hydrogen-bond donors (Lipinski definition) is 2. The van der Waals surface area contributed by atoms with Crippen molar-refractivity contribution in [2.24, 2.45) is 0 Å². The van der Waals surface area contributed by atoms with Crippen LogP contribution in [0.1, 0.15) is 54.2 Å². The molecule has 0 aliphatic heterocycles. The highest BCUT2D eigenvalue weighted by atomic mass is 16.4. The zero-order valence-electron chi connectivity index (χ0n) is 10.1. The van der Waals surface area contributed by atoms with Crippen molar-refractivity contribution in [2.45, 2.75) is 38.0 Å². The minimum absolute atomic E-state index is 0.283. The number of rotatable bonds is 2. The van der Waals surface area contributed by atoms with Crippen LogP contribution < -0.4 is 0 Å². The summed E-state index contributed by atoms with van der Waals surface area (Å²) in [6.45, 7) is 0. The van der Waals surface area contributed by atoms with Crippen molar-refractivity contribution in [3.63, 3.8) is 0 Å². The van der Waals surface area contributed by atoms with Crippen LogP contribution in [0.5, 0.6) is 0 Å². The Hall–Kier alpha value is -1.84. The van der Waals surface area contributed by atoms with Gasteiger partial charge in [-0.1, -0.05) is 25.3 Å². The van der Waals surface area contributed by atoms with Crippen LogP contribution in [0.15, 0.2) is 18.2 Å². The van der Waals surface area contributed by atoms with Gasteiger partial charge in [-0.3, -0.25) is 0 Å². The lowest BCUT2D eigenvalue weighted by molar-refractivity contribution is 0.0699. The number of carboxylic acids is 1. The third kappa shape index (κ3) is 1.88. The second-order valence-corrected chi connectivity index (χ2v) is 4.96. The zero-order chi connectivity index (χ0) is 12.5. The predicted octanol–water partition coefficient (Wildman–Crippen LogP) is 3.31. The van der Waals surface area contributed by atoms with Crippen molar-refractivity contribution in [2.75, 3.05) is 0 Å². The van der Waals surface area contributed by atoms with Crippen molar-refractivity contribution < 1.29 is 9.90 Å². The predicted molar refractivity (Wildman–Crippen MR) is 68.9 cm³/mol. The number of H-pyrrole nitrogens is 1. The lowest BCUT2D eigenvalue weighted by Crippen LogP contribution is -2.06. The van der Waals surface area contributed by atoms with Crippen molar-refractivity contribution in [1.82, 2.24) is 9.97 Å². The van der Waals surface area contributed by atoms with E-state index in [9.17, 15) is 4.79 Å². The van der Waals surface area contributed by atoms with Crippen LogP contribution in [-0.2, 0) is 0 Å². The first-order valence-corrected chi connectivity index (χ1v) is 6.47. The van der Waals surface area contributed by atoms with Crippen molar-refractivity contribution in [3.8, 4) is 0 Å². The summed E-state index contributed by atoms with van der Waals surface area (Å²) < 4.78 is 0. The van der Waals surface area contributed by atoms with Gasteiger partial charge < -0.3 is 10.1 Å². The summed E-state index contributed by atoms with van der Waals surface area (Å²) in [7, 11) is 0. The molecule has 1 aromatic carbocycles. The Kier molecular flexibility index (Phi) is 2.78. The van der Waals surface area contributed by atoms with E-state index in [1.54, 1.807) is 12.1 Å². The SMILES string of the molecule is O=C(O)c1cccc2[nH]c(C3CCCCC3)nc12. The molecule has 4 nitrogen and oxygen atoms in total. The Morgan fingerprint density at radius 2 is 2.06 bits per heavy atom. The summed E-state index contributed by atoms with van der Waals surface area (Å²) in [6.07, 6.45) is 6.10. The van der Waals surface area contributed by atoms with Crippen molar-refractivity contribution >= 4 is 17.0 Å². The highest BCUT2D eigenvalue weighted by molar-refractivity contribution is 6.00. The van der Waals surface area contributed by atoms with E-state index < -0.39 is 5.97 Å². The maximum absolute atomic E-state index is 11.1. The Morgan fingerprint density at radius 1 is 1.28 bits per heavy atom. The van der Waals surface area contributed by atoms with Gasteiger partial charge >= 0.3 is 5.97 Å². The number of aromatic amines is 1. The first kappa shape index (κ1) is 11.3. The number of benzene rings is 1. The molecule has 2 N–H and O–H groups in total. The molecule has 0 saturated heterocycles. The third-order valence-electron chi connectivity index (χ3n) is 3.75. The molecule has 0 unspecified atom stereocenters. The molecule has 0 radical (unpaired) electrons. The molecular weight excluding hydrogens is 228 g/mol. The first-order chi connectivity index (χ1) is 8.75. The van der Waals surface area contributed by atoms with E-state index in [4.69, 9.17) is 5.11 Å². The Labute approximate surface area is 105 Å². The third-order valence-corrected chi connectivity index (χ3v) is 3.75. The number of nitrogens with zero attached hydrogens (tertiary/aromatic N) is 1. The molecule has 4 heteroatoms. The molecule has 1 aliphatic rings. The van der Waals surface area contributed by atoms with E-state index in [0.29, 0.717) is 11.4 Å². The van der Waals surface area contributed by atoms with Crippen molar-refractivity contribution in [3.05, 3.63) is 29.6 Å². The van der Waals surface area contributed by atoms with E-state index >= 15 is 0 Å². The van der Waals surface area contributed by atoms with Gasteiger partial charge in [0.15, 0.2) is 0 Å². The number of imidazole rings is 1. The molecular formula is C14H16N2O2. The van der Waals surface area contributed by atoms with E-state index in [-0.39, 0.29) is 5.56 Å². The number of aromatic carboxylic acids is 1. The standard InChI is InChI=1S/C14H16N2O2/c17-14(18)10-7-4-8-11-12(10)16-13(15-11)9-5-2-1-3-6-9/h4,7-9H,1-3,5-6H2,(H,15,16)(H,17,18). The number of fused-ring (bicyclic) bond motifs is 1. The number of aromatic nitrogens is 2. The van der Waals surface area contributed by atoms with Crippen LogP contribution in [0, 0.1) is 0 Å². The van der Waals surface area contributed by atoms with Gasteiger partial charge in [0.05, 0.1) is 11.1 Å². The molecule has 1 fully saturated rings. The lowest BCUT2D eigenvalue weighted by atomic mass is 9.89. The van der Waals surface area contributed by atoms with Crippen molar-refractivity contribution in [1.29, 1.82) is 0 Å². The minimum Gasteiger partial charge on any atom is -0.478 e. The topological polar surface area (TPSA) is 66.0 Å². The second-order valence-electron chi connectivity index (χ2n) is 4.96. The quantitative estimate of drug-likeness (QED) is 0.851. The van der Waals surface area contributed by atoms with Gasteiger partial charge in [-0.05, 0) is 25.0 Å². The molecule has 0 spiro atoms. The number of para-hydroxylation sites is 1. The highest BCUT2D eigenvalue weighted by Gasteiger charge is 2.20. The average molecular weight is 244 g/mol. The Bertz CT molecular complexity index is 582. The summed E-state index contributed by atoms with van der Waals surface area (Å²) in [6, 6.07) is 5.26. The second kappa shape index (κ2) is 4.44. The van der Waals surface area contributed by atoms with E-state index in [0.717, 1.165) is 24.2 Å². The molecule has 1 heterocycles. The number of hydrogen-bond acceptors (Lipinski definition) is 2. The molecule has 1 aliphatic carbocycles. The normalized spacial score (nSPS) is 17.1. The van der Waals surface area contributed by atoms with Crippen LogP contribution in [0.3, 0.4) is 0 Å². The van der Waals surface area contributed by atoms with Gasteiger partial charge in [-0.25, -0.2) is 9.78 Å². The van der Waals surface area contributed by atoms with Crippen LogP contribution in [0.4, 0.5) is 0 Å². The average Bonchev–Trinajstić information content (AvgIpc) is 2.83. The number of carboxylic acid groups (broad SMARTS) is 1. The minimum atomic E-state index is -0.915. The Balaban J connectivity index is 2.04. The monoisotopic (exact) mass is 244 g/mol. The summed E-state index contributed by atoms with van der Waals surface area (Å²) in [5.41, 5.74) is 1.70. The van der Waals surface area contributed by atoms with Crippen LogP contribution >= 0.6 is 0 Å². The zero-order valence-corrected chi connectivity index (χ0v) is 10.1. The fraction of sp³-hybridized carbons (Fsp3) is 0.429. The summed E-state index contributed by atoms with van der Waals surface area (Å²) in [5.74, 6) is 0.508. The molecule has 2 aromatic rings. The smallest absolute Gasteiger partial charge is 0.337 e. The van der Waals surface area contributed by atoms with E-state index in [2.05, 4.69) is 9.97 Å². The molecule has 18 heavy (non-hydrogen) atoms. The summed E-state index contributed by atoms with van der Waals surface area (Å²) in [4.78, 5) is 19.0. The highest BCUT2D eigenvalue weighted by Crippen LogP contribution is 2.32. The molecule has 0 amide bonds. The molecule has 1 saturated carbocycles. The molecule has 0 bridgehead atoms. The number of carbonyl (C=O) groups is 1. The van der Waals surface area contributed by atoms with Crippen LogP contribution in [0.2, 0.25) is 0 Å². The largest absolute Gasteiger partial charge is 0.478 e. The van der Waals surface area contributed by atoms with Crippen LogP contribution in [0.25, 0.3) is 11.0 Å². The molecule has 94 valence electrons. The summed E-state index contributed by atoms with van der Waals surface area (Å²) in [5, 5.41) is 9.15. The maximum Gasteiger partial charge on any atom is 0.337 e. The lowest BCUT2D eigenvalue weighted by Gasteiger charge is -2.18. The Morgan fingerprint density at radius 3 is 2.78 bits per heavy atom. The summed E-state index contributed by atoms with van der Waals surface area (Å²) >= 11 is 0. The van der Waals surface area contributed by atoms with Gasteiger partial charge in [0, 0.05) is 5.92 Å². The first-order valence-electron chi connectivity index (χ1n) is 6.47. The fourth-order valence-electron chi connectivity index (χ4n) is 2.79. The van der Waals surface area contributed by atoms with E-state index in [1.807, 2.05) is 6.07 Å². The van der Waals surface area contributed by atoms with Crippen LogP contribution in [-0.4, -0.2) is 21.0 Å². The van der Waals surface area contributed by atoms with Gasteiger partial charge in [-0.15, -0.1) is 0 Å². The molecule has 1 aromatic heterocycles. The number of nitrogens with one attached hydrogen (secondary N) is 1. The molecule has 3 rings (SSSR count).